The van der Waals surface area contributed by atoms with Crippen LogP contribution in [-0.4, -0.2) is 54.6 Å². The molecule has 1 aromatic carbocycles. The molecule has 28 heavy (non-hydrogen) atoms. The number of para-hydroxylation sites is 1. The molecule has 1 heterocycles. The van der Waals surface area contributed by atoms with Gasteiger partial charge in [-0.1, -0.05) is 39.0 Å². The molecular weight excluding hydrogens is 362 g/mol. The van der Waals surface area contributed by atoms with E-state index in [0.29, 0.717) is 6.10 Å². The fraction of sp³-hybridized carbons (Fsp3) is 0.619. The summed E-state index contributed by atoms with van der Waals surface area (Å²) in [6, 6.07) is 8.38. The highest BCUT2D eigenvalue weighted by Gasteiger charge is 2.18. The highest BCUT2D eigenvalue weighted by molar-refractivity contribution is 6.27. The van der Waals surface area contributed by atoms with Crippen LogP contribution in [0.2, 0.25) is 0 Å². The molecule has 0 aromatic heterocycles. The number of rotatable bonds is 8. The number of unbranched alkanes of at least 4 members (excludes halogenated alkanes) is 1. The van der Waals surface area contributed by atoms with Gasteiger partial charge in [-0.3, -0.25) is 0 Å². The molecule has 1 aliphatic heterocycles. The minimum absolute atomic E-state index is 0.124. The van der Waals surface area contributed by atoms with Crippen molar-refractivity contribution < 1.29 is 29.3 Å². The standard InChI is InChI=1S/C19H31NO2.C2H2O4/c1-19(2,3)17-10-4-5-11-18(17)22-13-7-6-12-20-15-16-9-8-14-21-16;3-1(4)2(5)6/h4-5,10-11,16,20H,6-9,12-15H2,1-3H3;(H,3,4)(H,5,6). The monoisotopic (exact) mass is 395 g/mol. The van der Waals surface area contributed by atoms with Crippen molar-refractivity contribution in [3.05, 3.63) is 29.8 Å². The Labute approximate surface area is 167 Å². The number of aliphatic carboxylic acids is 2. The fourth-order valence-corrected chi connectivity index (χ4v) is 2.81. The van der Waals surface area contributed by atoms with Crippen molar-refractivity contribution in [3.8, 4) is 5.75 Å². The molecule has 0 radical (unpaired) electrons. The van der Waals surface area contributed by atoms with Crippen molar-refractivity contribution in [1.82, 2.24) is 5.32 Å². The lowest BCUT2D eigenvalue weighted by atomic mass is 9.86. The molecule has 1 atom stereocenters. The Kier molecular flexibility index (Phi) is 10.6. The summed E-state index contributed by atoms with van der Waals surface area (Å²) >= 11 is 0. The lowest BCUT2D eigenvalue weighted by Gasteiger charge is -2.22. The lowest BCUT2D eigenvalue weighted by molar-refractivity contribution is -0.159. The average Bonchev–Trinajstić information content (AvgIpc) is 3.14. The molecule has 1 aromatic rings. The van der Waals surface area contributed by atoms with Gasteiger partial charge in [0.25, 0.3) is 0 Å². The van der Waals surface area contributed by atoms with Crippen LogP contribution >= 0.6 is 0 Å². The Morgan fingerprint density at radius 3 is 2.43 bits per heavy atom. The van der Waals surface area contributed by atoms with E-state index < -0.39 is 11.9 Å². The second-order valence-corrected chi connectivity index (χ2v) is 7.75. The van der Waals surface area contributed by atoms with E-state index in [4.69, 9.17) is 29.3 Å². The summed E-state index contributed by atoms with van der Waals surface area (Å²) in [6.07, 6.45) is 5.09. The normalized spacial score (nSPS) is 16.2. The Bertz CT molecular complexity index is 593. The van der Waals surface area contributed by atoms with Gasteiger partial charge in [-0.25, -0.2) is 9.59 Å². The van der Waals surface area contributed by atoms with Crippen LogP contribution in [0.15, 0.2) is 24.3 Å². The summed E-state index contributed by atoms with van der Waals surface area (Å²) in [6.45, 7) is 10.4. The lowest BCUT2D eigenvalue weighted by Crippen LogP contribution is -2.27. The van der Waals surface area contributed by atoms with E-state index in [0.717, 1.165) is 44.9 Å². The first-order valence-corrected chi connectivity index (χ1v) is 9.72. The smallest absolute Gasteiger partial charge is 0.414 e. The second kappa shape index (κ2) is 12.4. The minimum atomic E-state index is -1.82. The van der Waals surface area contributed by atoms with Gasteiger partial charge in [-0.2, -0.15) is 0 Å². The Morgan fingerprint density at radius 1 is 1.18 bits per heavy atom. The van der Waals surface area contributed by atoms with E-state index in [1.54, 1.807) is 0 Å². The molecule has 0 spiro atoms. The van der Waals surface area contributed by atoms with Crippen LogP contribution in [0.25, 0.3) is 0 Å². The zero-order valence-electron chi connectivity index (χ0n) is 17.1. The molecule has 7 nitrogen and oxygen atoms in total. The molecule has 1 saturated heterocycles. The van der Waals surface area contributed by atoms with Gasteiger partial charge in [0.15, 0.2) is 0 Å². The van der Waals surface area contributed by atoms with Crippen molar-refractivity contribution in [2.45, 2.75) is 58.0 Å². The van der Waals surface area contributed by atoms with E-state index in [9.17, 15) is 0 Å². The van der Waals surface area contributed by atoms with E-state index in [1.807, 2.05) is 6.07 Å². The van der Waals surface area contributed by atoms with Crippen molar-refractivity contribution in [2.75, 3.05) is 26.3 Å². The van der Waals surface area contributed by atoms with Crippen LogP contribution in [-0.2, 0) is 19.7 Å². The van der Waals surface area contributed by atoms with Gasteiger partial charge in [0.05, 0.1) is 12.7 Å². The number of carboxylic acid groups (broad SMARTS) is 2. The van der Waals surface area contributed by atoms with Gasteiger partial charge in [-0.15, -0.1) is 0 Å². The van der Waals surface area contributed by atoms with Crippen LogP contribution in [0.3, 0.4) is 0 Å². The molecule has 1 aliphatic rings. The van der Waals surface area contributed by atoms with E-state index >= 15 is 0 Å². The fourth-order valence-electron chi connectivity index (χ4n) is 2.81. The number of ether oxygens (including phenoxy) is 2. The van der Waals surface area contributed by atoms with Crippen LogP contribution in [0.4, 0.5) is 0 Å². The predicted molar refractivity (Wildman–Crippen MR) is 107 cm³/mol. The first-order chi connectivity index (χ1) is 13.2. The van der Waals surface area contributed by atoms with Crippen LogP contribution in [0, 0.1) is 0 Å². The molecule has 3 N–H and O–H groups in total. The van der Waals surface area contributed by atoms with Gasteiger partial charge < -0.3 is 25.0 Å². The third kappa shape index (κ3) is 9.71. The molecular formula is C21H33NO6. The maximum Gasteiger partial charge on any atom is 0.414 e. The van der Waals surface area contributed by atoms with E-state index in [-0.39, 0.29) is 5.41 Å². The first kappa shape index (κ1) is 23.9. The summed E-state index contributed by atoms with van der Waals surface area (Å²) < 4.78 is 11.6. The molecule has 1 fully saturated rings. The summed E-state index contributed by atoms with van der Waals surface area (Å²) in [5, 5.41) is 18.3. The minimum Gasteiger partial charge on any atom is -0.493 e. The zero-order chi connectivity index (χ0) is 21.0. The second-order valence-electron chi connectivity index (χ2n) is 7.75. The molecule has 0 saturated carbocycles. The van der Waals surface area contributed by atoms with Gasteiger partial charge in [0.1, 0.15) is 5.75 Å². The van der Waals surface area contributed by atoms with Gasteiger partial charge >= 0.3 is 11.9 Å². The topological polar surface area (TPSA) is 105 Å². The first-order valence-electron chi connectivity index (χ1n) is 9.72. The van der Waals surface area contributed by atoms with Gasteiger partial charge in [-0.05, 0) is 49.3 Å². The van der Waals surface area contributed by atoms with Crippen molar-refractivity contribution in [3.63, 3.8) is 0 Å². The zero-order valence-corrected chi connectivity index (χ0v) is 17.1. The predicted octanol–water partition coefficient (Wildman–Crippen LogP) is 3.07. The molecule has 0 amide bonds. The number of carboxylic acids is 2. The van der Waals surface area contributed by atoms with Crippen LogP contribution < -0.4 is 10.1 Å². The molecule has 158 valence electrons. The number of nitrogens with one attached hydrogen (secondary N) is 1. The quantitative estimate of drug-likeness (QED) is 0.459. The summed E-state index contributed by atoms with van der Waals surface area (Å²) in [5.41, 5.74) is 1.41. The third-order valence-corrected chi connectivity index (χ3v) is 4.28. The van der Waals surface area contributed by atoms with E-state index in [2.05, 4.69) is 44.3 Å². The Balaban J connectivity index is 0.000000568. The van der Waals surface area contributed by atoms with Crippen molar-refractivity contribution in [1.29, 1.82) is 0 Å². The van der Waals surface area contributed by atoms with Crippen molar-refractivity contribution >= 4 is 11.9 Å². The maximum atomic E-state index is 9.10. The maximum absolute atomic E-state index is 9.10. The van der Waals surface area contributed by atoms with Crippen LogP contribution in [0.1, 0.15) is 52.0 Å². The summed E-state index contributed by atoms with van der Waals surface area (Å²) in [4.78, 5) is 18.2. The number of carbonyl (C=O) groups is 2. The van der Waals surface area contributed by atoms with Crippen molar-refractivity contribution in [2.24, 2.45) is 0 Å². The molecule has 7 heteroatoms. The largest absolute Gasteiger partial charge is 0.493 e. The number of hydrogen-bond acceptors (Lipinski definition) is 5. The molecule has 1 unspecified atom stereocenters. The summed E-state index contributed by atoms with van der Waals surface area (Å²) in [7, 11) is 0. The Hall–Kier alpha value is -2.12. The molecule has 0 aliphatic carbocycles. The van der Waals surface area contributed by atoms with E-state index in [1.165, 1.54) is 18.4 Å². The number of hydrogen-bond donors (Lipinski definition) is 3. The summed E-state index contributed by atoms with van der Waals surface area (Å²) in [5.74, 6) is -2.62. The Morgan fingerprint density at radius 2 is 1.86 bits per heavy atom. The average molecular weight is 395 g/mol. The molecule has 0 bridgehead atoms. The van der Waals surface area contributed by atoms with Crippen LogP contribution in [0.5, 0.6) is 5.75 Å². The van der Waals surface area contributed by atoms with Gasteiger partial charge in [0, 0.05) is 13.2 Å². The highest BCUT2D eigenvalue weighted by Crippen LogP contribution is 2.30. The molecule has 2 rings (SSSR count). The SMILES string of the molecule is CC(C)(C)c1ccccc1OCCCCNCC1CCCO1.O=C(O)C(=O)O. The van der Waals surface area contributed by atoms with Gasteiger partial charge in [0.2, 0.25) is 0 Å². The third-order valence-electron chi connectivity index (χ3n) is 4.28. The number of benzene rings is 1. The highest BCUT2D eigenvalue weighted by atomic mass is 16.5.